The second kappa shape index (κ2) is 10.7. The summed E-state index contributed by atoms with van der Waals surface area (Å²) in [5, 5.41) is 0.718. The maximum atomic E-state index is 13.7. The van der Waals surface area contributed by atoms with E-state index >= 15 is 0 Å². The van der Waals surface area contributed by atoms with Gasteiger partial charge in [0.25, 0.3) is 0 Å². The zero-order valence-corrected chi connectivity index (χ0v) is 22.1. The van der Waals surface area contributed by atoms with Crippen LogP contribution in [0, 0.1) is 6.92 Å². The van der Waals surface area contributed by atoms with Crippen molar-refractivity contribution in [1.82, 2.24) is 14.3 Å². The third kappa shape index (κ3) is 5.23. The van der Waals surface area contributed by atoms with Crippen LogP contribution in [0.4, 0.5) is 5.69 Å². The van der Waals surface area contributed by atoms with Crippen LogP contribution in [0.5, 0.6) is 11.5 Å². The SMILES string of the molecule is COc1cc(OC)cc(C(CC(=O)N2CCN(c3cccc(Cl)c3)CC2)c2cnc3c(C)cccn23)c1. The molecule has 0 radical (unpaired) electrons. The number of benzene rings is 2. The lowest BCUT2D eigenvalue weighted by Crippen LogP contribution is -2.49. The molecule has 0 spiro atoms. The third-order valence-electron chi connectivity index (χ3n) is 7.08. The summed E-state index contributed by atoms with van der Waals surface area (Å²) in [6, 6.07) is 17.7. The summed E-state index contributed by atoms with van der Waals surface area (Å²) in [5.74, 6) is 1.26. The minimum atomic E-state index is -0.223. The highest BCUT2D eigenvalue weighted by Crippen LogP contribution is 2.35. The fourth-order valence-corrected chi connectivity index (χ4v) is 5.23. The molecule has 0 N–H and O–H groups in total. The maximum Gasteiger partial charge on any atom is 0.223 e. The van der Waals surface area contributed by atoms with E-state index in [2.05, 4.69) is 20.4 Å². The zero-order valence-electron chi connectivity index (χ0n) is 21.4. The molecule has 0 aliphatic carbocycles. The van der Waals surface area contributed by atoms with Crippen molar-refractivity contribution in [1.29, 1.82) is 0 Å². The Hall–Kier alpha value is -3.71. The van der Waals surface area contributed by atoms with Crippen molar-refractivity contribution in [2.45, 2.75) is 19.3 Å². The summed E-state index contributed by atoms with van der Waals surface area (Å²) in [7, 11) is 3.27. The fraction of sp³-hybridized carbons (Fsp3) is 0.310. The monoisotopic (exact) mass is 518 g/mol. The van der Waals surface area contributed by atoms with Crippen molar-refractivity contribution in [2.24, 2.45) is 0 Å². The second-order valence-corrected chi connectivity index (χ2v) is 9.75. The smallest absolute Gasteiger partial charge is 0.223 e. The van der Waals surface area contributed by atoms with Crippen LogP contribution in [0.15, 0.2) is 67.0 Å². The van der Waals surface area contributed by atoms with Gasteiger partial charge in [0, 0.05) is 67.7 Å². The molecule has 8 heteroatoms. The molecular weight excluding hydrogens is 488 g/mol. The molecule has 2 aromatic heterocycles. The second-order valence-electron chi connectivity index (χ2n) is 9.32. The van der Waals surface area contributed by atoms with E-state index < -0.39 is 0 Å². The first kappa shape index (κ1) is 25.0. The minimum Gasteiger partial charge on any atom is -0.497 e. The van der Waals surface area contributed by atoms with Gasteiger partial charge in [0.05, 0.1) is 19.9 Å². The lowest BCUT2D eigenvalue weighted by atomic mass is 9.91. The van der Waals surface area contributed by atoms with Crippen LogP contribution < -0.4 is 14.4 Å². The first-order valence-corrected chi connectivity index (χ1v) is 12.8. The molecule has 192 valence electrons. The molecule has 1 saturated heterocycles. The van der Waals surface area contributed by atoms with Crippen LogP contribution >= 0.6 is 11.6 Å². The Morgan fingerprint density at radius 1 is 1.00 bits per heavy atom. The summed E-state index contributed by atoms with van der Waals surface area (Å²) in [5.41, 5.74) is 4.96. The summed E-state index contributed by atoms with van der Waals surface area (Å²) in [6.45, 7) is 4.88. The molecule has 7 nitrogen and oxygen atoms in total. The van der Waals surface area contributed by atoms with E-state index in [0.717, 1.165) is 46.3 Å². The highest BCUT2D eigenvalue weighted by atomic mass is 35.5. The van der Waals surface area contributed by atoms with Crippen LogP contribution in [0.3, 0.4) is 0 Å². The number of ether oxygens (including phenoxy) is 2. The maximum absolute atomic E-state index is 13.7. The average molecular weight is 519 g/mol. The Balaban J connectivity index is 1.42. The minimum absolute atomic E-state index is 0.111. The van der Waals surface area contributed by atoms with Gasteiger partial charge in [-0.3, -0.25) is 4.79 Å². The first-order valence-electron chi connectivity index (χ1n) is 12.4. The molecule has 1 aliphatic rings. The molecule has 37 heavy (non-hydrogen) atoms. The lowest BCUT2D eigenvalue weighted by Gasteiger charge is -2.36. The van der Waals surface area contributed by atoms with Gasteiger partial charge in [0.15, 0.2) is 0 Å². The number of rotatable bonds is 7. The molecule has 4 aromatic rings. The number of pyridine rings is 1. The number of hydrogen-bond donors (Lipinski definition) is 0. The molecule has 1 atom stereocenters. The number of methoxy groups -OCH3 is 2. The third-order valence-corrected chi connectivity index (χ3v) is 7.31. The largest absolute Gasteiger partial charge is 0.497 e. The van der Waals surface area contributed by atoms with Gasteiger partial charge in [-0.15, -0.1) is 0 Å². The van der Waals surface area contributed by atoms with Gasteiger partial charge in [-0.25, -0.2) is 4.98 Å². The quantitative estimate of drug-likeness (QED) is 0.337. The lowest BCUT2D eigenvalue weighted by molar-refractivity contribution is -0.131. The highest BCUT2D eigenvalue weighted by Gasteiger charge is 2.28. The van der Waals surface area contributed by atoms with Crippen molar-refractivity contribution in [2.75, 3.05) is 45.3 Å². The molecule has 3 heterocycles. The topological polar surface area (TPSA) is 59.3 Å². The van der Waals surface area contributed by atoms with Crippen LogP contribution in [-0.4, -0.2) is 60.6 Å². The number of amides is 1. The number of hydrogen-bond acceptors (Lipinski definition) is 5. The Morgan fingerprint density at radius 2 is 1.73 bits per heavy atom. The van der Waals surface area contributed by atoms with Gasteiger partial charge in [0.1, 0.15) is 17.1 Å². The van der Waals surface area contributed by atoms with Crippen molar-refractivity contribution < 1.29 is 14.3 Å². The average Bonchev–Trinajstić information content (AvgIpc) is 3.36. The molecule has 1 unspecified atom stereocenters. The molecule has 5 rings (SSSR count). The van der Waals surface area contributed by atoms with E-state index in [9.17, 15) is 4.79 Å². The Labute approximate surface area is 222 Å². The number of piperazine rings is 1. The van der Waals surface area contributed by atoms with Gasteiger partial charge in [-0.2, -0.15) is 0 Å². The van der Waals surface area contributed by atoms with Gasteiger partial charge in [-0.05, 0) is 54.4 Å². The van der Waals surface area contributed by atoms with E-state index in [0.29, 0.717) is 31.0 Å². The summed E-state index contributed by atoms with van der Waals surface area (Å²) in [6.07, 6.45) is 4.20. The van der Waals surface area contributed by atoms with Gasteiger partial charge in [-0.1, -0.05) is 23.7 Å². The molecule has 0 saturated carbocycles. The Morgan fingerprint density at radius 3 is 2.41 bits per heavy atom. The van der Waals surface area contributed by atoms with E-state index in [-0.39, 0.29) is 11.8 Å². The Bertz CT molecular complexity index is 1390. The van der Waals surface area contributed by atoms with Crippen molar-refractivity contribution in [3.05, 3.63) is 88.8 Å². The molecule has 1 aliphatic heterocycles. The molecule has 1 fully saturated rings. The van der Waals surface area contributed by atoms with E-state index in [1.165, 1.54) is 0 Å². The number of aromatic nitrogens is 2. The molecular formula is C29H31ClN4O3. The number of nitrogens with zero attached hydrogens (tertiary/aromatic N) is 4. The Kier molecular flexibility index (Phi) is 7.24. The van der Waals surface area contributed by atoms with Crippen molar-refractivity contribution in [3.63, 3.8) is 0 Å². The first-order chi connectivity index (χ1) is 18.0. The standard InChI is InChI=1S/C29H31ClN4O3/c1-20-6-5-9-34-27(19-31-29(20)34)26(21-14-24(36-2)17-25(15-21)37-3)18-28(35)33-12-10-32(11-13-33)23-8-4-7-22(30)16-23/h4-9,14-17,19,26H,10-13,18H2,1-3H3. The highest BCUT2D eigenvalue weighted by molar-refractivity contribution is 6.30. The number of anilines is 1. The number of halogens is 1. The number of fused-ring (bicyclic) bond motifs is 1. The van der Waals surface area contributed by atoms with Crippen molar-refractivity contribution in [3.8, 4) is 11.5 Å². The summed E-state index contributed by atoms with van der Waals surface area (Å²) in [4.78, 5) is 22.6. The van der Waals surface area contributed by atoms with Gasteiger partial charge < -0.3 is 23.7 Å². The van der Waals surface area contributed by atoms with Crippen LogP contribution in [0.1, 0.15) is 29.2 Å². The van der Waals surface area contributed by atoms with Gasteiger partial charge in [0.2, 0.25) is 5.91 Å². The van der Waals surface area contributed by atoms with Crippen LogP contribution in [0.25, 0.3) is 5.65 Å². The predicted molar refractivity (Wildman–Crippen MR) is 146 cm³/mol. The zero-order chi connectivity index (χ0) is 25.9. The number of aryl methyl sites for hydroxylation is 1. The van der Waals surface area contributed by atoms with Gasteiger partial charge >= 0.3 is 0 Å². The molecule has 2 aromatic carbocycles. The molecule has 1 amide bonds. The van der Waals surface area contributed by atoms with E-state index in [4.69, 9.17) is 21.1 Å². The number of imidazole rings is 1. The summed E-state index contributed by atoms with van der Waals surface area (Å²) >= 11 is 6.19. The fourth-order valence-electron chi connectivity index (χ4n) is 5.04. The van der Waals surface area contributed by atoms with Crippen LogP contribution in [0.2, 0.25) is 5.02 Å². The van der Waals surface area contributed by atoms with E-state index in [1.807, 2.05) is 72.7 Å². The summed E-state index contributed by atoms with van der Waals surface area (Å²) < 4.78 is 13.2. The number of carbonyl (C=O) groups is 1. The van der Waals surface area contributed by atoms with Crippen molar-refractivity contribution >= 4 is 28.8 Å². The normalized spacial score (nSPS) is 14.6. The molecule has 0 bridgehead atoms. The van der Waals surface area contributed by atoms with Crippen LogP contribution in [-0.2, 0) is 4.79 Å². The number of carbonyl (C=O) groups excluding carboxylic acids is 1. The van der Waals surface area contributed by atoms with E-state index in [1.54, 1.807) is 14.2 Å². The predicted octanol–water partition coefficient (Wildman–Crippen LogP) is 5.18.